The number of nitrogens with one attached hydrogen (secondary N) is 1. The van der Waals surface area contributed by atoms with E-state index in [4.69, 9.17) is 5.11 Å². The molecule has 2 N–H and O–H groups in total. The second-order valence-electron chi connectivity index (χ2n) is 2.83. The van der Waals surface area contributed by atoms with Crippen LogP contribution in [0.25, 0.3) is 11.1 Å². The first-order chi connectivity index (χ1) is 6.77. The number of aromatic amines is 1. The van der Waals surface area contributed by atoms with Crippen LogP contribution in [0.15, 0.2) is 36.8 Å². The van der Waals surface area contributed by atoms with Gasteiger partial charge < -0.3 is 10.1 Å². The molecule has 0 aliphatic rings. The number of aromatic nitrogens is 2. The van der Waals surface area contributed by atoms with Crippen molar-refractivity contribution in [3.8, 4) is 11.1 Å². The van der Waals surface area contributed by atoms with E-state index in [1.807, 2.05) is 6.07 Å². The third kappa shape index (κ3) is 1.50. The molecule has 2 aromatic rings. The third-order valence-corrected chi connectivity index (χ3v) is 1.91. The largest absolute Gasteiger partial charge is 0.477 e. The number of nitrogens with zero attached hydrogens (tertiary/aromatic N) is 1. The zero-order valence-electron chi connectivity index (χ0n) is 7.27. The Hall–Kier alpha value is -2.10. The number of carboxylic acid groups (broad SMARTS) is 1. The van der Waals surface area contributed by atoms with E-state index in [2.05, 4.69) is 9.97 Å². The highest BCUT2D eigenvalue weighted by atomic mass is 16.4. The van der Waals surface area contributed by atoms with Gasteiger partial charge in [-0.3, -0.25) is 0 Å². The normalized spacial score (nSPS) is 10.0. The van der Waals surface area contributed by atoms with Crippen molar-refractivity contribution < 1.29 is 9.90 Å². The van der Waals surface area contributed by atoms with Gasteiger partial charge in [0.2, 0.25) is 0 Å². The van der Waals surface area contributed by atoms with Crippen molar-refractivity contribution in [3.63, 3.8) is 0 Å². The van der Waals surface area contributed by atoms with E-state index in [1.54, 1.807) is 24.5 Å². The fourth-order valence-corrected chi connectivity index (χ4v) is 1.23. The summed E-state index contributed by atoms with van der Waals surface area (Å²) in [6, 6.07) is 5.20. The molecule has 4 nitrogen and oxygen atoms in total. The lowest BCUT2D eigenvalue weighted by atomic mass is 10.1. The highest BCUT2D eigenvalue weighted by Crippen LogP contribution is 2.18. The van der Waals surface area contributed by atoms with Crippen molar-refractivity contribution in [1.29, 1.82) is 0 Å². The summed E-state index contributed by atoms with van der Waals surface area (Å²) < 4.78 is 0. The number of hydrogen-bond donors (Lipinski definition) is 2. The van der Waals surface area contributed by atoms with Gasteiger partial charge in [-0.1, -0.05) is 0 Å². The fourth-order valence-electron chi connectivity index (χ4n) is 1.23. The van der Waals surface area contributed by atoms with Gasteiger partial charge in [0, 0.05) is 18.6 Å². The van der Waals surface area contributed by atoms with E-state index < -0.39 is 5.97 Å². The molecule has 2 heterocycles. The predicted molar refractivity (Wildman–Crippen MR) is 51.0 cm³/mol. The monoisotopic (exact) mass is 188 g/mol. The van der Waals surface area contributed by atoms with Crippen LogP contribution in [0.5, 0.6) is 0 Å². The van der Waals surface area contributed by atoms with Gasteiger partial charge in [0.25, 0.3) is 0 Å². The third-order valence-electron chi connectivity index (χ3n) is 1.91. The summed E-state index contributed by atoms with van der Waals surface area (Å²) >= 11 is 0. The molecule has 0 aliphatic carbocycles. The number of rotatable bonds is 2. The predicted octanol–water partition coefficient (Wildman–Crippen LogP) is 1.77. The molecule has 0 radical (unpaired) electrons. The van der Waals surface area contributed by atoms with Crippen molar-refractivity contribution in [3.05, 3.63) is 42.5 Å². The average Bonchev–Trinajstić information content (AvgIpc) is 2.71. The van der Waals surface area contributed by atoms with E-state index >= 15 is 0 Å². The Bertz CT molecular complexity index is 449. The minimum Gasteiger partial charge on any atom is -0.477 e. The number of pyridine rings is 1. The smallest absolute Gasteiger partial charge is 0.354 e. The highest BCUT2D eigenvalue weighted by molar-refractivity contribution is 5.87. The number of aromatic carboxylic acids is 1. The summed E-state index contributed by atoms with van der Waals surface area (Å²) in [7, 11) is 0. The molecule has 0 unspecified atom stereocenters. The summed E-state index contributed by atoms with van der Waals surface area (Å²) in [5.74, 6) is -1.01. The minimum absolute atomic E-state index is 0.0590. The molecule has 0 aliphatic heterocycles. The first-order valence-corrected chi connectivity index (χ1v) is 4.10. The van der Waals surface area contributed by atoms with Gasteiger partial charge in [-0.15, -0.1) is 0 Å². The quantitative estimate of drug-likeness (QED) is 0.754. The molecule has 0 amide bonds. The van der Waals surface area contributed by atoms with Gasteiger partial charge >= 0.3 is 5.97 Å². The molecule has 14 heavy (non-hydrogen) atoms. The van der Waals surface area contributed by atoms with E-state index in [-0.39, 0.29) is 5.69 Å². The number of carbonyl (C=O) groups is 1. The molecular weight excluding hydrogens is 180 g/mol. The van der Waals surface area contributed by atoms with Crippen LogP contribution in [0.4, 0.5) is 0 Å². The molecule has 0 spiro atoms. The zero-order valence-corrected chi connectivity index (χ0v) is 7.27. The zero-order chi connectivity index (χ0) is 9.97. The lowest BCUT2D eigenvalue weighted by molar-refractivity contribution is 0.0690. The van der Waals surface area contributed by atoms with E-state index in [0.29, 0.717) is 0 Å². The number of carboxylic acids is 1. The van der Waals surface area contributed by atoms with Crippen LogP contribution in [-0.2, 0) is 0 Å². The maximum atomic E-state index is 10.7. The maximum absolute atomic E-state index is 10.7. The Morgan fingerprint density at radius 1 is 1.36 bits per heavy atom. The lowest BCUT2D eigenvalue weighted by Gasteiger charge is -1.98. The lowest BCUT2D eigenvalue weighted by Crippen LogP contribution is -1.99. The molecule has 0 bridgehead atoms. The number of hydrogen-bond acceptors (Lipinski definition) is 2. The summed E-state index contributed by atoms with van der Waals surface area (Å²) in [4.78, 5) is 17.3. The molecule has 0 saturated heterocycles. The molecule has 70 valence electrons. The van der Waals surface area contributed by atoms with Crippen LogP contribution >= 0.6 is 0 Å². The Morgan fingerprint density at radius 2 is 2.21 bits per heavy atom. The van der Waals surface area contributed by atoms with E-state index in [0.717, 1.165) is 11.1 Å². The van der Waals surface area contributed by atoms with Crippen LogP contribution in [0.2, 0.25) is 0 Å². The SMILES string of the molecule is O=C(O)c1cc(-c2cc[nH]c2)ccn1. The van der Waals surface area contributed by atoms with E-state index in [1.165, 1.54) is 6.20 Å². The van der Waals surface area contributed by atoms with Crippen molar-refractivity contribution in [2.24, 2.45) is 0 Å². The van der Waals surface area contributed by atoms with Gasteiger partial charge in [-0.25, -0.2) is 9.78 Å². The summed E-state index contributed by atoms with van der Waals surface area (Å²) in [5.41, 5.74) is 1.86. The Balaban J connectivity index is 2.46. The molecule has 2 aromatic heterocycles. The van der Waals surface area contributed by atoms with Crippen LogP contribution in [0, 0.1) is 0 Å². The van der Waals surface area contributed by atoms with Gasteiger partial charge in [0.15, 0.2) is 0 Å². The molecule has 0 aromatic carbocycles. The van der Waals surface area contributed by atoms with Gasteiger partial charge in [-0.05, 0) is 29.3 Å². The molecule has 0 saturated carbocycles. The van der Waals surface area contributed by atoms with Crippen LogP contribution in [0.1, 0.15) is 10.5 Å². The average molecular weight is 188 g/mol. The highest BCUT2D eigenvalue weighted by Gasteiger charge is 2.05. The summed E-state index contributed by atoms with van der Waals surface area (Å²) in [6.45, 7) is 0. The second-order valence-corrected chi connectivity index (χ2v) is 2.83. The fraction of sp³-hybridized carbons (Fsp3) is 0. The second kappa shape index (κ2) is 3.33. The Labute approximate surface area is 80.2 Å². The molecule has 0 fully saturated rings. The van der Waals surface area contributed by atoms with Crippen molar-refractivity contribution >= 4 is 5.97 Å². The minimum atomic E-state index is -1.01. The molecule has 2 rings (SSSR count). The molecule has 4 heteroatoms. The molecule has 0 atom stereocenters. The Kier molecular flexibility index (Phi) is 2.02. The van der Waals surface area contributed by atoms with Gasteiger partial charge in [0.05, 0.1) is 0 Å². The van der Waals surface area contributed by atoms with Crippen LogP contribution in [-0.4, -0.2) is 21.0 Å². The van der Waals surface area contributed by atoms with Crippen molar-refractivity contribution in [2.75, 3.05) is 0 Å². The first-order valence-electron chi connectivity index (χ1n) is 4.10. The van der Waals surface area contributed by atoms with Crippen LogP contribution < -0.4 is 0 Å². The summed E-state index contributed by atoms with van der Waals surface area (Å²) in [6.07, 6.45) is 5.09. The van der Waals surface area contributed by atoms with Crippen LogP contribution in [0.3, 0.4) is 0 Å². The van der Waals surface area contributed by atoms with E-state index in [9.17, 15) is 4.79 Å². The standard InChI is InChI=1S/C10H8N2O2/c13-10(14)9-5-7(2-4-12-9)8-1-3-11-6-8/h1-6,11H,(H,13,14). The first kappa shape index (κ1) is 8.50. The van der Waals surface area contributed by atoms with Gasteiger partial charge in [-0.2, -0.15) is 0 Å². The van der Waals surface area contributed by atoms with Gasteiger partial charge in [0.1, 0.15) is 5.69 Å². The van der Waals surface area contributed by atoms with Crippen molar-refractivity contribution in [1.82, 2.24) is 9.97 Å². The summed E-state index contributed by atoms with van der Waals surface area (Å²) in [5, 5.41) is 8.74. The van der Waals surface area contributed by atoms with Crippen molar-refractivity contribution in [2.45, 2.75) is 0 Å². The Morgan fingerprint density at radius 3 is 2.86 bits per heavy atom. The molecular formula is C10H8N2O2. The topological polar surface area (TPSA) is 66.0 Å². The maximum Gasteiger partial charge on any atom is 0.354 e. The number of H-pyrrole nitrogens is 1.